The molecule has 0 saturated carbocycles. The van der Waals surface area contributed by atoms with E-state index in [2.05, 4.69) is 181 Å². The predicted octanol–water partition coefficient (Wildman–Crippen LogP) is 17.7. The van der Waals surface area contributed by atoms with E-state index >= 15 is 0 Å². The molecule has 8 aromatic carbocycles. The van der Waals surface area contributed by atoms with Gasteiger partial charge in [0.25, 0.3) is 0 Å². The summed E-state index contributed by atoms with van der Waals surface area (Å²) in [6, 6.07) is 47.5. The molecule has 8 aromatic rings. The van der Waals surface area contributed by atoms with Crippen LogP contribution in [-0.2, 0) is 12.8 Å². The largest absolute Gasteiger partial charge is 0.393 e. The standard InChI is InChI=1S/C56H57F3N2/c1-10-38-11-19-42(20-12-38)60(44-23-15-40(16-24-44)34(2)3)52-31-50(36(6)7)46-28-30-49-53(32-51(37(8)9)47-27-29-48(52)54(46)55(47)49)61(45-25-17-41(18-26-45)35(4)5)43-21-13-39(14-22-43)33-56(57,58)59/h11-32,34-37H,10,33H2,1-9H3. The molecule has 312 valence electrons. The van der Waals surface area contributed by atoms with Crippen LogP contribution < -0.4 is 9.80 Å². The van der Waals surface area contributed by atoms with Crippen LogP contribution in [0.25, 0.3) is 32.3 Å². The van der Waals surface area contributed by atoms with Gasteiger partial charge in [0, 0.05) is 33.5 Å². The van der Waals surface area contributed by atoms with Crippen molar-refractivity contribution in [3.63, 3.8) is 0 Å². The third-order valence-electron chi connectivity index (χ3n) is 12.5. The minimum absolute atomic E-state index is 0.194. The first-order valence-electron chi connectivity index (χ1n) is 22.0. The van der Waals surface area contributed by atoms with Crippen molar-refractivity contribution in [1.82, 2.24) is 0 Å². The molecule has 0 aliphatic rings. The highest BCUT2D eigenvalue weighted by atomic mass is 19.4. The SMILES string of the molecule is CCc1ccc(N(c2ccc(C(C)C)cc2)c2cc(C(C)C)c3ccc4c(N(c5ccc(CC(F)(F)F)cc5)c5ccc(C(C)C)cc5)cc(C(C)C)c5ccc2c3c54)cc1. The van der Waals surface area contributed by atoms with Crippen molar-refractivity contribution in [1.29, 1.82) is 0 Å². The van der Waals surface area contributed by atoms with E-state index in [0.717, 1.165) is 45.9 Å². The molecular weight excluding hydrogens is 758 g/mol. The number of hydrogen-bond donors (Lipinski definition) is 0. The van der Waals surface area contributed by atoms with Gasteiger partial charge in [0.1, 0.15) is 0 Å². The second-order valence-corrected chi connectivity index (χ2v) is 18.0. The molecule has 61 heavy (non-hydrogen) atoms. The van der Waals surface area contributed by atoms with Gasteiger partial charge < -0.3 is 9.80 Å². The van der Waals surface area contributed by atoms with E-state index in [1.807, 2.05) is 12.1 Å². The summed E-state index contributed by atoms with van der Waals surface area (Å²) in [5, 5.41) is 7.14. The van der Waals surface area contributed by atoms with Crippen LogP contribution in [-0.4, -0.2) is 6.18 Å². The van der Waals surface area contributed by atoms with Crippen LogP contribution in [0.1, 0.15) is 119 Å². The molecule has 0 spiro atoms. The maximum Gasteiger partial charge on any atom is 0.393 e. The fraction of sp³-hybridized carbons (Fsp3) is 0.286. The lowest BCUT2D eigenvalue weighted by Crippen LogP contribution is -2.14. The van der Waals surface area contributed by atoms with Crippen molar-refractivity contribution in [3.8, 4) is 0 Å². The fourth-order valence-corrected chi connectivity index (χ4v) is 9.08. The first kappa shape index (κ1) is 41.9. The zero-order chi connectivity index (χ0) is 43.3. The van der Waals surface area contributed by atoms with Crippen LogP contribution in [0.15, 0.2) is 133 Å². The average molecular weight is 815 g/mol. The third kappa shape index (κ3) is 8.08. The normalized spacial score (nSPS) is 12.3. The van der Waals surface area contributed by atoms with Gasteiger partial charge in [-0.05, 0) is 146 Å². The number of anilines is 6. The monoisotopic (exact) mass is 814 g/mol. The number of hydrogen-bond acceptors (Lipinski definition) is 2. The highest BCUT2D eigenvalue weighted by molar-refractivity contribution is 6.29. The van der Waals surface area contributed by atoms with Gasteiger partial charge in [0.2, 0.25) is 0 Å². The Balaban J connectivity index is 1.45. The van der Waals surface area contributed by atoms with E-state index in [4.69, 9.17) is 0 Å². The highest BCUT2D eigenvalue weighted by Crippen LogP contribution is 2.51. The van der Waals surface area contributed by atoms with Crippen molar-refractivity contribution in [3.05, 3.63) is 167 Å². The Morgan fingerprint density at radius 2 is 0.738 bits per heavy atom. The quantitative estimate of drug-likeness (QED) is 0.113. The molecule has 0 amide bonds. The minimum Gasteiger partial charge on any atom is -0.310 e. The molecule has 0 unspecified atom stereocenters. The van der Waals surface area contributed by atoms with E-state index in [-0.39, 0.29) is 17.4 Å². The molecule has 0 atom stereocenters. The summed E-state index contributed by atoms with van der Waals surface area (Å²) < 4.78 is 40.6. The number of benzene rings is 8. The zero-order valence-corrected chi connectivity index (χ0v) is 37.0. The Hall–Kier alpha value is -5.81. The minimum atomic E-state index is -4.29. The molecule has 0 aliphatic heterocycles. The van der Waals surface area contributed by atoms with Gasteiger partial charge in [-0.3, -0.25) is 0 Å². The Morgan fingerprint density at radius 3 is 1.05 bits per heavy atom. The van der Waals surface area contributed by atoms with Gasteiger partial charge in [0.05, 0.1) is 17.8 Å². The number of rotatable bonds is 12. The molecule has 0 N–H and O–H groups in total. The summed E-state index contributed by atoms with van der Waals surface area (Å²) in [6.45, 7) is 20.1. The first-order valence-corrected chi connectivity index (χ1v) is 22.0. The second-order valence-electron chi connectivity index (χ2n) is 18.0. The summed E-state index contributed by atoms with van der Waals surface area (Å²) >= 11 is 0. The number of aryl methyl sites for hydroxylation is 1. The van der Waals surface area contributed by atoms with Crippen LogP contribution in [0.5, 0.6) is 0 Å². The summed E-state index contributed by atoms with van der Waals surface area (Å²) in [5.41, 5.74) is 12.7. The summed E-state index contributed by atoms with van der Waals surface area (Å²) in [7, 11) is 0. The molecule has 8 rings (SSSR count). The lowest BCUT2D eigenvalue weighted by atomic mass is 9.84. The third-order valence-corrected chi connectivity index (χ3v) is 12.5. The highest BCUT2D eigenvalue weighted by Gasteiger charge is 2.29. The lowest BCUT2D eigenvalue weighted by Gasteiger charge is -2.32. The van der Waals surface area contributed by atoms with Crippen molar-refractivity contribution in [2.24, 2.45) is 0 Å². The van der Waals surface area contributed by atoms with Gasteiger partial charge in [0.15, 0.2) is 0 Å². The molecule has 0 radical (unpaired) electrons. The Morgan fingerprint density at radius 1 is 0.410 bits per heavy atom. The number of alkyl halides is 3. The molecule has 5 heteroatoms. The van der Waals surface area contributed by atoms with Crippen LogP contribution >= 0.6 is 0 Å². The van der Waals surface area contributed by atoms with E-state index in [0.29, 0.717) is 11.8 Å². The topological polar surface area (TPSA) is 6.48 Å². The Bertz CT molecular complexity index is 2780. The second kappa shape index (κ2) is 16.6. The molecule has 0 saturated heterocycles. The summed E-state index contributed by atoms with van der Waals surface area (Å²) in [4.78, 5) is 4.66. The summed E-state index contributed by atoms with van der Waals surface area (Å²) in [5.74, 6) is 1.21. The van der Waals surface area contributed by atoms with Gasteiger partial charge in [-0.2, -0.15) is 13.2 Å². The smallest absolute Gasteiger partial charge is 0.310 e. The Labute approximate surface area is 360 Å². The maximum atomic E-state index is 13.5. The molecule has 0 heterocycles. The average Bonchev–Trinajstić information content (AvgIpc) is 3.24. The maximum absolute atomic E-state index is 13.5. The molecule has 0 fully saturated rings. The molecule has 0 bridgehead atoms. The van der Waals surface area contributed by atoms with E-state index in [1.165, 1.54) is 54.7 Å². The molecule has 0 aliphatic carbocycles. The van der Waals surface area contributed by atoms with Crippen molar-refractivity contribution in [2.75, 3.05) is 9.80 Å². The molecular formula is C56H57F3N2. The van der Waals surface area contributed by atoms with Gasteiger partial charge in [-0.15, -0.1) is 0 Å². The van der Waals surface area contributed by atoms with Crippen LogP contribution in [0, 0.1) is 0 Å². The van der Waals surface area contributed by atoms with Crippen LogP contribution in [0.4, 0.5) is 47.3 Å². The lowest BCUT2D eigenvalue weighted by molar-refractivity contribution is -0.127. The van der Waals surface area contributed by atoms with Gasteiger partial charge in [-0.25, -0.2) is 0 Å². The summed E-state index contributed by atoms with van der Waals surface area (Å²) in [6.07, 6.45) is -4.28. The zero-order valence-electron chi connectivity index (χ0n) is 37.0. The van der Waals surface area contributed by atoms with E-state index in [9.17, 15) is 13.2 Å². The number of nitrogens with zero attached hydrogens (tertiary/aromatic N) is 2. The van der Waals surface area contributed by atoms with E-state index < -0.39 is 12.6 Å². The van der Waals surface area contributed by atoms with Gasteiger partial charge >= 0.3 is 6.18 Å². The predicted molar refractivity (Wildman–Crippen MR) is 255 cm³/mol. The van der Waals surface area contributed by atoms with E-state index in [1.54, 1.807) is 12.1 Å². The van der Waals surface area contributed by atoms with Gasteiger partial charge in [-0.1, -0.05) is 135 Å². The molecule has 0 aromatic heterocycles. The van der Waals surface area contributed by atoms with Crippen molar-refractivity contribution < 1.29 is 13.2 Å². The van der Waals surface area contributed by atoms with Crippen molar-refractivity contribution in [2.45, 2.75) is 105 Å². The first-order chi connectivity index (χ1) is 29.1. The molecule has 2 nitrogen and oxygen atoms in total. The number of halogens is 3. The van der Waals surface area contributed by atoms with Crippen LogP contribution in [0.3, 0.4) is 0 Å². The van der Waals surface area contributed by atoms with Crippen molar-refractivity contribution >= 4 is 66.4 Å². The van der Waals surface area contributed by atoms with Crippen LogP contribution in [0.2, 0.25) is 0 Å². The fourth-order valence-electron chi connectivity index (χ4n) is 9.08. The Kier molecular flexibility index (Phi) is 11.4.